The van der Waals surface area contributed by atoms with Crippen LogP contribution in [0.25, 0.3) is 10.3 Å². The Morgan fingerprint density at radius 3 is 2.45 bits per heavy atom. The smallest absolute Gasteiger partial charge is 0.171 e. The van der Waals surface area contributed by atoms with E-state index in [1.54, 1.807) is 0 Å². The fourth-order valence-electron chi connectivity index (χ4n) is 2.63. The first kappa shape index (κ1) is 22.9. The fraction of sp³-hybridized carbons (Fsp3) is 0.368. The predicted molar refractivity (Wildman–Crippen MR) is 121 cm³/mol. The van der Waals surface area contributed by atoms with Gasteiger partial charge in [0.1, 0.15) is 16.4 Å². The van der Waals surface area contributed by atoms with Crippen LogP contribution in [0.3, 0.4) is 0 Å². The van der Waals surface area contributed by atoms with Crippen molar-refractivity contribution < 1.29 is 13.3 Å². The molecule has 0 bridgehead atoms. The summed E-state index contributed by atoms with van der Waals surface area (Å²) >= 11 is 5.22. The average molecular weight is 520 g/mol. The van der Waals surface area contributed by atoms with Crippen molar-refractivity contribution in [2.45, 2.75) is 42.3 Å². The molecule has 3 rings (SSSR count). The molecule has 0 aliphatic carbocycles. The van der Waals surface area contributed by atoms with Gasteiger partial charge in [0.15, 0.2) is 9.99 Å². The summed E-state index contributed by atoms with van der Waals surface area (Å²) in [6, 6.07) is 4.78. The van der Waals surface area contributed by atoms with Crippen LogP contribution in [-0.4, -0.2) is 25.5 Å². The Morgan fingerprint density at radius 2 is 1.86 bits per heavy atom. The molecule has 2 aromatic heterocycles. The molecule has 4 nitrogen and oxygen atoms in total. The normalized spacial score (nSPS) is 14.3. The fourth-order valence-corrected chi connectivity index (χ4v) is 5.64. The first-order valence-electron chi connectivity index (χ1n) is 8.71. The number of pyridine rings is 1. The van der Waals surface area contributed by atoms with Crippen LogP contribution in [0.2, 0.25) is 0 Å². The van der Waals surface area contributed by atoms with Gasteiger partial charge in [-0.3, -0.25) is 0 Å². The standard InChI is InChI=1S/C19H20BrF2N3OS3/c1-19(2,3)29(26)25-14(7-10-5-11(21)8-12(22)6-10)16-13(20)9-15-17(23-16)24-18(27-4)28-15/h5-6,8-9,14,25H,7H2,1-4H3/t14?,29-/m0/s1. The van der Waals surface area contributed by atoms with Gasteiger partial charge in [-0.2, -0.15) is 0 Å². The van der Waals surface area contributed by atoms with Gasteiger partial charge in [0.05, 0.1) is 16.4 Å². The summed E-state index contributed by atoms with van der Waals surface area (Å²) < 4.78 is 45.3. The van der Waals surface area contributed by atoms with Crippen LogP contribution in [0.1, 0.15) is 38.1 Å². The van der Waals surface area contributed by atoms with Crippen LogP contribution in [0.4, 0.5) is 8.78 Å². The van der Waals surface area contributed by atoms with E-state index in [1.165, 1.54) is 35.2 Å². The second-order valence-corrected chi connectivity index (χ2v) is 12.3. The molecule has 1 unspecified atom stereocenters. The van der Waals surface area contributed by atoms with Crippen molar-refractivity contribution in [2.75, 3.05) is 6.26 Å². The molecule has 0 radical (unpaired) electrons. The van der Waals surface area contributed by atoms with Gasteiger partial charge in [0.25, 0.3) is 0 Å². The molecule has 29 heavy (non-hydrogen) atoms. The van der Waals surface area contributed by atoms with E-state index < -0.39 is 33.8 Å². The maximum atomic E-state index is 13.7. The Hall–Kier alpha value is -0.780. The average Bonchev–Trinajstić information content (AvgIpc) is 3.00. The van der Waals surface area contributed by atoms with E-state index in [9.17, 15) is 13.3 Å². The maximum Gasteiger partial charge on any atom is 0.171 e. The largest absolute Gasteiger partial charge is 0.598 e. The molecule has 2 atom stereocenters. The van der Waals surface area contributed by atoms with Crippen molar-refractivity contribution in [3.63, 3.8) is 0 Å². The summed E-state index contributed by atoms with van der Waals surface area (Å²) in [6.45, 7) is 5.56. The van der Waals surface area contributed by atoms with E-state index in [0.29, 0.717) is 16.9 Å². The number of nitrogens with one attached hydrogen (secondary N) is 1. The van der Waals surface area contributed by atoms with Gasteiger partial charge in [-0.1, -0.05) is 11.8 Å². The third-order valence-electron chi connectivity index (χ3n) is 4.02. The van der Waals surface area contributed by atoms with Crippen LogP contribution in [-0.2, 0) is 17.8 Å². The van der Waals surface area contributed by atoms with Crippen molar-refractivity contribution in [3.05, 3.63) is 51.6 Å². The summed E-state index contributed by atoms with van der Waals surface area (Å²) in [6.07, 6.45) is 2.16. The lowest BCUT2D eigenvalue weighted by Crippen LogP contribution is -2.42. The van der Waals surface area contributed by atoms with Gasteiger partial charge in [0.2, 0.25) is 0 Å². The van der Waals surface area contributed by atoms with Crippen molar-refractivity contribution in [1.29, 1.82) is 0 Å². The Balaban J connectivity index is 2.03. The molecule has 0 aliphatic rings. The molecule has 0 saturated carbocycles. The van der Waals surface area contributed by atoms with Crippen molar-refractivity contribution in [1.82, 2.24) is 14.7 Å². The first-order valence-corrected chi connectivity index (χ1v) is 12.7. The zero-order valence-corrected chi connectivity index (χ0v) is 20.3. The molecule has 1 N–H and O–H groups in total. The number of nitrogens with zero attached hydrogens (tertiary/aromatic N) is 2. The van der Waals surface area contributed by atoms with Crippen molar-refractivity contribution >= 4 is 60.7 Å². The molecule has 0 amide bonds. The lowest BCUT2D eigenvalue weighted by Gasteiger charge is -2.28. The summed E-state index contributed by atoms with van der Waals surface area (Å²) in [7, 11) is 0. The number of rotatable bonds is 6. The van der Waals surface area contributed by atoms with Gasteiger partial charge in [-0.15, -0.1) is 16.1 Å². The number of hydrogen-bond donors (Lipinski definition) is 1. The summed E-state index contributed by atoms with van der Waals surface area (Å²) in [5, 5.41) is 0. The minimum Gasteiger partial charge on any atom is -0.598 e. The van der Waals surface area contributed by atoms with Gasteiger partial charge < -0.3 is 4.55 Å². The Bertz CT molecular complexity index is 1010. The van der Waals surface area contributed by atoms with E-state index in [1.807, 2.05) is 33.1 Å². The monoisotopic (exact) mass is 519 g/mol. The Labute approximate surface area is 188 Å². The highest BCUT2D eigenvalue weighted by Crippen LogP contribution is 2.34. The van der Waals surface area contributed by atoms with Crippen LogP contribution in [0.15, 0.2) is 33.1 Å². The molecule has 0 aliphatic heterocycles. The van der Waals surface area contributed by atoms with Crippen LogP contribution >= 0.6 is 39.0 Å². The summed E-state index contributed by atoms with van der Waals surface area (Å²) in [4.78, 5) is 9.18. The van der Waals surface area contributed by atoms with Gasteiger partial charge in [0, 0.05) is 21.9 Å². The molecular formula is C19H20BrF2N3OS3. The molecule has 10 heteroatoms. The van der Waals surface area contributed by atoms with Crippen LogP contribution < -0.4 is 4.72 Å². The minimum absolute atomic E-state index is 0.215. The SMILES string of the molecule is CSc1nc2nc(C(Cc3cc(F)cc(F)c3)N[S@@+]([O-])C(C)(C)C)c(Br)cc2s1. The van der Waals surface area contributed by atoms with Gasteiger partial charge in [-0.25, -0.2) is 18.7 Å². The number of benzene rings is 1. The van der Waals surface area contributed by atoms with E-state index in [-0.39, 0.29) is 6.42 Å². The quantitative estimate of drug-likeness (QED) is 0.329. The molecule has 0 fully saturated rings. The summed E-state index contributed by atoms with van der Waals surface area (Å²) in [5.74, 6) is -1.30. The highest BCUT2D eigenvalue weighted by Gasteiger charge is 2.32. The topological polar surface area (TPSA) is 60.9 Å². The molecule has 156 valence electrons. The van der Waals surface area contributed by atoms with Gasteiger partial charge >= 0.3 is 0 Å². The van der Waals surface area contributed by atoms with E-state index in [0.717, 1.165) is 19.6 Å². The van der Waals surface area contributed by atoms with Crippen molar-refractivity contribution in [3.8, 4) is 0 Å². The molecular weight excluding hydrogens is 500 g/mol. The highest BCUT2D eigenvalue weighted by molar-refractivity contribution is 9.10. The zero-order valence-electron chi connectivity index (χ0n) is 16.3. The Morgan fingerprint density at radius 1 is 1.21 bits per heavy atom. The molecule has 2 heterocycles. The number of hydrogen-bond acceptors (Lipinski definition) is 6. The number of aromatic nitrogens is 2. The highest BCUT2D eigenvalue weighted by atomic mass is 79.9. The third-order valence-corrected chi connectivity index (χ3v) is 8.24. The molecule has 0 spiro atoms. The first-order chi connectivity index (χ1) is 13.6. The summed E-state index contributed by atoms with van der Waals surface area (Å²) in [5.41, 5.74) is 1.64. The second kappa shape index (κ2) is 9.15. The molecule has 3 aromatic rings. The third kappa shape index (κ3) is 5.68. The van der Waals surface area contributed by atoms with E-state index in [2.05, 4.69) is 30.6 Å². The molecule has 0 saturated heterocycles. The second-order valence-electron chi connectivity index (χ2n) is 7.39. The Kier molecular flexibility index (Phi) is 7.23. The number of fused-ring (bicyclic) bond motifs is 1. The molecule has 1 aromatic carbocycles. The minimum atomic E-state index is -1.41. The number of halogens is 3. The van der Waals surface area contributed by atoms with Crippen LogP contribution in [0, 0.1) is 11.6 Å². The van der Waals surface area contributed by atoms with E-state index in [4.69, 9.17) is 0 Å². The maximum absolute atomic E-state index is 13.7. The number of thiazole rings is 1. The predicted octanol–water partition coefficient (Wildman–Crippen LogP) is 5.79. The van der Waals surface area contributed by atoms with Crippen molar-refractivity contribution in [2.24, 2.45) is 0 Å². The zero-order chi connectivity index (χ0) is 21.3. The lowest BCUT2D eigenvalue weighted by molar-refractivity contribution is 0.516. The van der Waals surface area contributed by atoms with E-state index >= 15 is 0 Å². The lowest BCUT2D eigenvalue weighted by atomic mass is 10.0. The number of thioether (sulfide) groups is 1. The van der Waals surface area contributed by atoms with Gasteiger partial charge in [-0.05, 0) is 73.1 Å². The van der Waals surface area contributed by atoms with Crippen LogP contribution in [0.5, 0.6) is 0 Å².